The lowest BCUT2D eigenvalue weighted by molar-refractivity contribution is -0.130. The number of hydrogen-bond donors (Lipinski definition) is 2. The third kappa shape index (κ3) is 1.61. The molecule has 0 aliphatic carbocycles. The van der Waals surface area contributed by atoms with Crippen molar-refractivity contribution in [2.24, 2.45) is 11.8 Å². The Bertz CT molecular complexity index is 307. The van der Waals surface area contributed by atoms with Crippen molar-refractivity contribution in [3.05, 3.63) is 0 Å². The summed E-state index contributed by atoms with van der Waals surface area (Å²) >= 11 is 0. The van der Waals surface area contributed by atoms with Crippen LogP contribution in [0.3, 0.4) is 0 Å². The molecule has 0 aromatic heterocycles. The van der Waals surface area contributed by atoms with Gasteiger partial charge in [0.25, 0.3) is 0 Å². The number of amides is 3. The second-order valence-corrected chi connectivity index (χ2v) is 3.90. The fourth-order valence-corrected chi connectivity index (χ4v) is 2.11. The maximum Gasteiger partial charge on any atom is 0.236 e. The average Bonchev–Trinajstić information content (AvgIpc) is 2.70. The standard InChI is InChI=1S/C9H13N3O3/c1-10-2-7(13)12-3-5-6(4-12)9(15)11-8(5)14/h5-6,10H,2-4H2,1H3,(H,11,14,15)/t5-,6+. The van der Waals surface area contributed by atoms with E-state index in [0.717, 1.165) is 0 Å². The third-order valence-corrected chi connectivity index (χ3v) is 2.92. The molecule has 2 rings (SSSR count). The van der Waals surface area contributed by atoms with E-state index in [1.165, 1.54) is 0 Å². The molecule has 0 unspecified atom stereocenters. The minimum atomic E-state index is -0.335. The number of imide groups is 1. The molecule has 0 saturated carbocycles. The maximum absolute atomic E-state index is 11.5. The van der Waals surface area contributed by atoms with Gasteiger partial charge in [0.1, 0.15) is 0 Å². The third-order valence-electron chi connectivity index (χ3n) is 2.92. The van der Waals surface area contributed by atoms with Crippen LogP contribution in [0.5, 0.6) is 0 Å². The number of fused-ring (bicyclic) bond motifs is 1. The van der Waals surface area contributed by atoms with Gasteiger partial charge in [-0.2, -0.15) is 0 Å². The van der Waals surface area contributed by atoms with Crippen LogP contribution in [0.4, 0.5) is 0 Å². The van der Waals surface area contributed by atoms with Crippen LogP contribution in [-0.2, 0) is 14.4 Å². The molecule has 15 heavy (non-hydrogen) atoms. The molecule has 82 valence electrons. The van der Waals surface area contributed by atoms with Gasteiger partial charge in [-0.1, -0.05) is 0 Å². The lowest BCUT2D eigenvalue weighted by atomic mass is 10.00. The molecule has 3 amide bonds. The number of rotatable bonds is 2. The van der Waals surface area contributed by atoms with E-state index in [1.807, 2.05) is 0 Å². The van der Waals surface area contributed by atoms with Gasteiger partial charge in [-0.15, -0.1) is 0 Å². The molecule has 2 saturated heterocycles. The van der Waals surface area contributed by atoms with Crippen molar-refractivity contribution >= 4 is 17.7 Å². The Balaban J connectivity index is 2.03. The number of likely N-dealkylation sites (N-methyl/N-ethyl adjacent to an activating group) is 1. The van der Waals surface area contributed by atoms with Gasteiger partial charge in [0.15, 0.2) is 0 Å². The molecular formula is C9H13N3O3. The smallest absolute Gasteiger partial charge is 0.236 e. The van der Waals surface area contributed by atoms with E-state index >= 15 is 0 Å². The molecule has 2 aliphatic heterocycles. The van der Waals surface area contributed by atoms with Crippen LogP contribution < -0.4 is 10.6 Å². The van der Waals surface area contributed by atoms with Crippen LogP contribution in [-0.4, -0.2) is 49.3 Å². The van der Waals surface area contributed by atoms with Crippen LogP contribution in [0.2, 0.25) is 0 Å². The molecule has 6 nitrogen and oxygen atoms in total. The molecule has 0 aromatic rings. The van der Waals surface area contributed by atoms with Gasteiger partial charge in [-0.3, -0.25) is 19.7 Å². The van der Waals surface area contributed by atoms with Gasteiger partial charge in [0.2, 0.25) is 17.7 Å². The number of nitrogens with zero attached hydrogens (tertiary/aromatic N) is 1. The molecule has 0 bridgehead atoms. The van der Waals surface area contributed by atoms with Crippen molar-refractivity contribution in [3.63, 3.8) is 0 Å². The van der Waals surface area contributed by atoms with Crippen LogP contribution in [0.25, 0.3) is 0 Å². The van der Waals surface area contributed by atoms with Gasteiger partial charge in [0, 0.05) is 13.1 Å². The van der Waals surface area contributed by atoms with Crippen molar-refractivity contribution < 1.29 is 14.4 Å². The summed E-state index contributed by atoms with van der Waals surface area (Å²) in [7, 11) is 1.69. The monoisotopic (exact) mass is 211 g/mol. The van der Waals surface area contributed by atoms with Crippen molar-refractivity contribution in [1.29, 1.82) is 0 Å². The Morgan fingerprint density at radius 2 is 1.93 bits per heavy atom. The summed E-state index contributed by atoms with van der Waals surface area (Å²) in [5.41, 5.74) is 0. The van der Waals surface area contributed by atoms with E-state index in [1.54, 1.807) is 11.9 Å². The molecule has 6 heteroatoms. The van der Waals surface area contributed by atoms with Gasteiger partial charge in [-0.25, -0.2) is 0 Å². The van der Waals surface area contributed by atoms with E-state index in [2.05, 4.69) is 10.6 Å². The highest BCUT2D eigenvalue weighted by Crippen LogP contribution is 2.27. The summed E-state index contributed by atoms with van der Waals surface area (Å²) in [6.07, 6.45) is 0. The normalized spacial score (nSPS) is 29.3. The Morgan fingerprint density at radius 1 is 1.40 bits per heavy atom. The van der Waals surface area contributed by atoms with E-state index < -0.39 is 0 Å². The van der Waals surface area contributed by atoms with E-state index in [9.17, 15) is 14.4 Å². The zero-order chi connectivity index (χ0) is 11.0. The first-order valence-electron chi connectivity index (χ1n) is 4.90. The first-order valence-corrected chi connectivity index (χ1v) is 4.90. The molecule has 2 atom stereocenters. The largest absolute Gasteiger partial charge is 0.340 e. The Labute approximate surface area is 87.0 Å². The number of carbonyl (C=O) groups is 3. The van der Waals surface area contributed by atoms with Crippen molar-refractivity contribution in [3.8, 4) is 0 Å². The number of hydrogen-bond acceptors (Lipinski definition) is 4. The molecule has 2 N–H and O–H groups in total. The summed E-state index contributed by atoms with van der Waals surface area (Å²) in [6.45, 7) is 0.973. The molecular weight excluding hydrogens is 198 g/mol. The Hall–Kier alpha value is -1.43. The second-order valence-electron chi connectivity index (χ2n) is 3.90. The predicted molar refractivity (Wildman–Crippen MR) is 50.6 cm³/mol. The number of carbonyl (C=O) groups excluding carboxylic acids is 3. The molecule has 0 spiro atoms. The fourth-order valence-electron chi connectivity index (χ4n) is 2.11. The molecule has 2 fully saturated rings. The van der Waals surface area contributed by atoms with Crippen molar-refractivity contribution in [1.82, 2.24) is 15.5 Å². The van der Waals surface area contributed by atoms with Crippen molar-refractivity contribution in [2.75, 3.05) is 26.7 Å². The zero-order valence-electron chi connectivity index (χ0n) is 8.45. The van der Waals surface area contributed by atoms with Gasteiger partial charge in [-0.05, 0) is 7.05 Å². The SMILES string of the molecule is CNCC(=O)N1C[C@@H]2C(=O)NC(=O)[C@@H]2C1. The molecule has 0 radical (unpaired) electrons. The minimum Gasteiger partial charge on any atom is -0.340 e. The van der Waals surface area contributed by atoms with Crippen LogP contribution >= 0.6 is 0 Å². The highest BCUT2D eigenvalue weighted by molar-refractivity contribution is 6.06. The summed E-state index contributed by atoms with van der Waals surface area (Å²) in [6, 6.07) is 0. The van der Waals surface area contributed by atoms with E-state index in [4.69, 9.17) is 0 Å². The number of likely N-dealkylation sites (tertiary alicyclic amines) is 1. The van der Waals surface area contributed by atoms with E-state index in [0.29, 0.717) is 13.1 Å². The summed E-state index contributed by atoms with van der Waals surface area (Å²) in [5, 5.41) is 5.03. The molecule has 2 aliphatic rings. The first kappa shape index (κ1) is 10.1. The topological polar surface area (TPSA) is 78.5 Å². The lowest BCUT2D eigenvalue weighted by Gasteiger charge is -2.16. The highest BCUT2D eigenvalue weighted by atomic mass is 16.2. The number of nitrogens with one attached hydrogen (secondary N) is 2. The average molecular weight is 211 g/mol. The van der Waals surface area contributed by atoms with Crippen molar-refractivity contribution in [2.45, 2.75) is 0 Å². The first-order chi connectivity index (χ1) is 7.13. The van der Waals surface area contributed by atoms with E-state index in [-0.39, 0.29) is 36.1 Å². The fraction of sp³-hybridized carbons (Fsp3) is 0.667. The lowest BCUT2D eigenvalue weighted by Crippen LogP contribution is -2.39. The van der Waals surface area contributed by atoms with Crippen LogP contribution in [0, 0.1) is 11.8 Å². The predicted octanol–water partition coefficient (Wildman–Crippen LogP) is -2.06. The zero-order valence-corrected chi connectivity index (χ0v) is 8.45. The van der Waals surface area contributed by atoms with Crippen LogP contribution in [0.1, 0.15) is 0 Å². The van der Waals surface area contributed by atoms with Gasteiger partial charge in [0.05, 0.1) is 18.4 Å². The Morgan fingerprint density at radius 3 is 2.40 bits per heavy atom. The Kier molecular flexibility index (Phi) is 2.44. The minimum absolute atomic E-state index is 0.0625. The van der Waals surface area contributed by atoms with Gasteiger partial charge >= 0.3 is 0 Å². The second kappa shape index (κ2) is 3.62. The summed E-state index contributed by atoms with van der Waals surface area (Å²) in [4.78, 5) is 35.7. The highest BCUT2D eigenvalue weighted by Gasteiger charge is 2.48. The summed E-state index contributed by atoms with van der Waals surface area (Å²) in [5.74, 6) is -1.22. The van der Waals surface area contributed by atoms with Crippen LogP contribution in [0.15, 0.2) is 0 Å². The quantitative estimate of drug-likeness (QED) is 0.515. The summed E-state index contributed by atoms with van der Waals surface area (Å²) < 4.78 is 0. The van der Waals surface area contributed by atoms with Gasteiger partial charge < -0.3 is 10.2 Å². The maximum atomic E-state index is 11.5. The molecule has 0 aromatic carbocycles. The molecule has 2 heterocycles.